The van der Waals surface area contributed by atoms with E-state index in [9.17, 15) is 0 Å². The second kappa shape index (κ2) is 13.4. The minimum Gasteiger partial charge on any atom is -0.0654 e. The number of benzene rings is 4. The van der Waals surface area contributed by atoms with Gasteiger partial charge in [0, 0.05) is 0 Å². The first kappa shape index (κ1) is 29.9. The zero-order valence-corrected chi connectivity index (χ0v) is 29.9. The highest BCUT2D eigenvalue weighted by atomic mass is 29.2. The number of hydrogen-bond donors (Lipinski definition) is 0. The normalized spacial score (nSPS) is 32.3. The molecule has 234 valence electrons. The molecule has 4 aliphatic carbocycles. The molecule has 0 heterocycles. The van der Waals surface area contributed by atoms with Crippen molar-refractivity contribution in [3.05, 3.63) is 109 Å². The van der Waals surface area contributed by atoms with Crippen LogP contribution >= 0.6 is 0 Å². The monoisotopic (exact) mass is 626 g/mol. The van der Waals surface area contributed by atoms with Crippen molar-refractivity contribution in [3.8, 4) is 0 Å². The molecule has 45 heavy (non-hydrogen) atoms. The van der Waals surface area contributed by atoms with E-state index in [-0.39, 0.29) is 0 Å². The maximum absolute atomic E-state index is 2.61. The van der Waals surface area contributed by atoms with Crippen molar-refractivity contribution in [1.82, 2.24) is 0 Å². The maximum Gasteiger partial charge on any atom is 0.0703 e. The third kappa shape index (κ3) is 5.73. The van der Waals surface area contributed by atoms with E-state index in [1.807, 2.05) is 10.4 Å². The van der Waals surface area contributed by atoms with Gasteiger partial charge in [-0.05, 0) is 82.2 Å². The molecule has 2 heteroatoms. The molecule has 4 fully saturated rings. The van der Waals surface area contributed by atoms with Crippen molar-refractivity contribution < 1.29 is 0 Å². The molecule has 0 radical (unpaired) electrons. The summed E-state index contributed by atoms with van der Waals surface area (Å²) in [5.41, 5.74) is 3.69. The van der Waals surface area contributed by atoms with Gasteiger partial charge in [0.15, 0.2) is 0 Å². The Morgan fingerprint density at radius 1 is 0.600 bits per heavy atom. The first-order valence-corrected chi connectivity index (χ1v) is 24.0. The van der Waals surface area contributed by atoms with Gasteiger partial charge in [0.1, 0.15) is 0 Å². The molecule has 0 nitrogen and oxygen atoms in total. The Morgan fingerprint density at radius 3 is 2.13 bits per heavy atom. The van der Waals surface area contributed by atoms with E-state index in [4.69, 9.17) is 0 Å². The quantitative estimate of drug-likeness (QED) is 0.162. The maximum atomic E-state index is 2.61. The summed E-state index contributed by atoms with van der Waals surface area (Å²) < 4.78 is 0. The zero-order chi connectivity index (χ0) is 30.2. The molecular formula is C43H54Si2. The largest absolute Gasteiger partial charge is 0.0703 e. The summed E-state index contributed by atoms with van der Waals surface area (Å²) in [6.45, 7) is 2.38. The average Bonchev–Trinajstić information content (AvgIpc) is 3.86. The molecule has 0 aliphatic heterocycles. The Morgan fingerprint density at radius 2 is 1.33 bits per heavy atom. The highest BCUT2D eigenvalue weighted by Gasteiger charge is 2.55. The van der Waals surface area contributed by atoms with Crippen LogP contribution in [0, 0.1) is 29.6 Å². The topological polar surface area (TPSA) is 0 Å². The molecule has 0 bridgehead atoms. The Bertz CT molecular complexity index is 1540. The summed E-state index contributed by atoms with van der Waals surface area (Å²) in [5, 5.41) is 6.66. The lowest BCUT2D eigenvalue weighted by Crippen LogP contribution is -2.58. The van der Waals surface area contributed by atoms with Gasteiger partial charge in [-0.1, -0.05) is 178 Å². The highest BCUT2D eigenvalue weighted by molar-refractivity contribution is 7.34. The van der Waals surface area contributed by atoms with Crippen LogP contribution in [0.4, 0.5) is 0 Å². The van der Waals surface area contributed by atoms with Crippen LogP contribution in [0.2, 0.25) is 11.1 Å². The van der Waals surface area contributed by atoms with Crippen LogP contribution in [0.25, 0.3) is 10.8 Å². The third-order valence-electron chi connectivity index (χ3n) is 13.6. The minimum atomic E-state index is -1.26. The van der Waals surface area contributed by atoms with Crippen molar-refractivity contribution in [2.24, 2.45) is 29.6 Å². The smallest absolute Gasteiger partial charge is 0.0654 e. The van der Waals surface area contributed by atoms with Crippen LogP contribution < -0.4 is 10.4 Å². The van der Waals surface area contributed by atoms with Gasteiger partial charge in [0.05, 0.1) is 16.6 Å². The van der Waals surface area contributed by atoms with Crippen LogP contribution in [0.1, 0.15) is 95.5 Å². The average molecular weight is 627 g/mol. The van der Waals surface area contributed by atoms with Gasteiger partial charge < -0.3 is 0 Å². The van der Waals surface area contributed by atoms with E-state index >= 15 is 0 Å². The van der Waals surface area contributed by atoms with Crippen LogP contribution in [-0.2, 0) is 0 Å². The molecule has 4 aromatic rings. The van der Waals surface area contributed by atoms with E-state index < -0.39 is 16.6 Å². The Labute approximate surface area is 276 Å². The SMILES string of the molecule is CCCCC1CCC([SiH](c2ccccc2)[SiH](c2ccccc2)C2CCC3C2CC2CCCC2C3c2cccc3ccccc23)C1. The van der Waals surface area contributed by atoms with E-state index in [2.05, 4.69) is 110 Å². The summed E-state index contributed by atoms with van der Waals surface area (Å²) in [7, 11) is -2.46. The van der Waals surface area contributed by atoms with E-state index in [0.29, 0.717) is 0 Å². The first-order chi connectivity index (χ1) is 22.3. The third-order valence-corrected chi connectivity index (χ3v) is 27.8. The molecular weight excluding hydrogens is 573 g/mol. The van der Waals surface area contributed by atoms with Gasteiger partial charge in [-0.25, -0.2) is 0 Å². The van der Waals surface area contributed by atoms with Gasteiger partial charge in [-0.2, -0.15) is 0 Å². The van der Waals surface area contributed by atoms with Crippen molar-refractivity contribution in [2.45, 2.75) is 101 Å². The number of rotatable bonds is 9. The second-order valence-corrected chi connectivity index (χ2v) is 25.3. The molecule has 10 atom stereocenters. The number of fused-ring (bicyclic) bond motifs is 3. The lowest BCUT2D eigenvalue weighted by atomic mass is 9.61. The molecule has 10 unspecified atom stereocenters. The Kier molecular flexibility index (Phi) is 8.89. The molecule has 0 spiro atoms. The van der Waals surface area contributed by atoms with Crippen LogP contribution in [0.3, 0.4) is 0 Å². The van der Waals surface area contributed by atoms with E-state index in [1.165, 1.54) is 82.4 Å². The lowest BCUT2D eigenvalue weighted by molar-refractivity contribution is 0.123. The number of hydrogen-bond acceptors (Lipinski definition) is 0. The fourth-order valence-corrected chi connectivity index (χ4v) is 28.6. The Hall–Kier alpha value is -2.43. The summed E-state index contributed by atoms with van der Waals surface area (Å²) in [4.78, 5) is 0. The first-order valence-electron chi connectivity index (χ1n) is 18.9. The van der Waals surface area contributed by atoms with Gasteiger partial charge in [0.25, 0.3) is 0 Å². The molecule has 4 aromatic carbocycles. The summed E-state index contributed by atoms with van der Waals surface area (Å²) in [6, 6.07) is 41.1. The van der Waals surface area contributed by atoms with Crippen LogP contribution in [0.15, 0.2) is 103 Å². The van der Waals surface area contributed by atoms with Crippen LogP contribution in [-0.4, -0.2) is 16.6 Å². The Balaban J connectivity index is 1.20. The summed E-state index contributed by atoms with van der Waals surface area (Å²) in [5.74, 6) is 5.41. The van der Waals surface area contributed by atoms with E-state index in [0.717, 1.165) is 46.6 Å². The zero-order valence-electron chi connectivity index (χ0n) is 27.6. The van der Waals surface area contributed by atoms with Crippen LogP contribution in [0.5, 0.6) is 0 Å². The standard InChI is InChI=1S/C43H54Si2/c1-2-3-14-31-25-26-36(29-31)44(34-18-6-4-7-19-34)45(35-20-8-5-9-21-35)42-28-27-40-41(42)30-33-17-13-23-38(33)43(40)39-24-12-16-32-15-10-11-22-37(32)39/h4-12,15-16,18-22,24,31,33,36,38,40-45H,2-3,13-14,17,23,25-30H2,1H3. The molecule has 4 saturated carbocycles. The number of unbranched alkanes of at least 4 members (excludes halogenated alkanes) is 1. The van der Waals surface area contributed by atoms with Crippen molar-refractivity contribution in [3.63, 3.8) is 0 Å². The predicted molar refractivity (Wildman–Crippen MR) is 199 cm³/mol. The minimum absolute atomic E-state index is 0.763. The molecule has 0 amide bonds. The van der Waals surface area contributed by atoms with Gasteiger partial charge in [-0.3, -0.25) is 0 Å². The molecule has 0 aromatic heterocycles. The lowest BCUT2D eigenvalue weighted by Gasteiger charge is -2.47. The summed E-state index contributed by atoms with van der Waals surface area (Å²) in [6.07, 6.45) is 17.7. The van der Waals surface area contributed by atoms with Gasteiger partial charge in [0.2, 0.25) is 0 Å². The van der Waals surface area contributed by atoms with E-state index in [1.54, 1.807) is 10.9 Å². The molecule has 0 saturated heterocycles. The summed E-state index contributed by atoms with van der Waals surface area (Å²) >= 11 is 0. The predicted octanol–water partition coefficient (Wildman–Crippen LogP) is 9.85. The molecule has 0 N–H and O–H groups in total. The van der Waals surface area contributed by atoms with Crippen molar-refractivity contribution >= 4 is 37.8 Å². The highest BCUT2D eigenvalue weighted by Crippen LogP contribution is 2.63. The second-order valence-electron chi connectivity index (χ2n) is 15.7. The fourth-order valence-electron chi connectivity index (χ4n) is 11.9. The van der Waals surface area contributed by atoms with Crippen molar-refractivity contribution in [1.29, 1.82) is 0 Å². The van der Waals surface area contributed by atoms with Gasteiger partial charge in [-0.15, -0.1) is 0 Å². The molecule has 8 rings (SSSR count). The fraction of sp³-hybridized carbons (Fsp3) is 0.488. The molecule has 4 aliphatic rings. The van der Waals surface area contributed by atoms with Crippen molar-refractivity contribution in [2.75, 3.05) is 0 Å². The van der Waals surface area contributed by atoms with Gasteiger partial charge >= 0.3 is 0 Å².